The fourth-order valence-corrected chi connectivity index (χ4v) is 4.42. The number of nitrogens with one attached hydrogen (secondary N) is 2. The normalized spacial score (nSPS) is 20.7. The zero-order valence-electron chi connectivity index (χ0n) is 15.6. The van der Waals surface area contributed by atoms with Crippen LogP contribution in [0.5, 0.6) is 0 Å². The third-order valence-electron chi connectivity index (χ3n) is 5.76. The van der Waals surface area contributed by atoms with Crippen molar-refractivity contribution in [3.63, 3.8) is 0 Å². The van der Waals surface area contributed by atoms with Crippen LogP contribution in [0.25, 0.3) is 10.9 Å². The van der Waals surface area contributed by atoms with Crippen molar-refractivity contribution in [3.05, 3.63) is 39.4 Å². The van der Waals surface area contributed by atoms with Crippen molar-refractivity contribution >= 4 is 34.2 Å². The Kier molecular flexibility index (Phi) is 4.83. The number of pyridine rings is 1. The summed E-state index contributed by atoms with van der Waals surface area (Å²) >= 11 is 6.73. The minimum atomic E-state index is -1.34. The maximum absolute atomic E-state index is 15.3. The van der Waals surface area contributed by atoms with E-state index in [4.69, 9.17) is 11.6 Å². The first-order valence-corrected chi connectivity index (χ1v) is 9.99. The van der Waals surface area contributed by atoms with Crippen molar-refractivity contribution in [2.45, 2.75) is 31.1 Å². The molecule has 2 fully saturated rings. The molecular formula is C20H23ClFN3O3. The molecule has 0 spiro atoms. The van der Waals surface area contributed by atoms with Crippen LogP contribution in [0.3, 0.4) is 0 Å². The van der Waals surface area contributed by atoms with Gasteiger partial charge in [0, 0.05) is 30.2 Å². The van der Waals surface area contributed by atoms with Gasteiger partial charge < -0.3 is 20.3 Å². The van der Waals surface area contributed by atoms with Crippen molar-refractivity contribution in [1.29, 1.82) is 0 Å². The summed E-state index contributed by atoms with van der Waals surface area (Å²) < 4.78 is 15.3. The second kappa shape index (κ2) is 7.04. The van der Waals surface area contributed by atoms with Gasteiger partial charge in [-0.25, -0.2) is 9.18 Å². The lowest BCUT2D eigenvalue weighted by atomic mass is 10.00. The Balaban J connectivity index is 1.86. The van der Waals surface area contributed by atoms with Crippen molar-refractivity contribution in [2.75, 3.05) is 31.1 Å². The molecule has 1 saturated heterocycles. The summed E-state index contributed by atoms with van der Waals surface area (Å²) in [6, 6.07) is 1.15. The van der Waals surface area contributed by atoms with Crippen LogP contribution in [0, 0.1) is 11.7 Å². The number of halogens is 2. The van der Waals surface area contributed by atoms with E-state index in [9.17, 15) is 14.7 Å². The molecule has 150 valence electrons. The van der Waals surface area contributed by atoms with E-state index >= 15 is 4.39 Å². The van der Waals surface area contributed by atoms with Crippen LogP contribution < -0.4 is 15.6 Å². The number of H-pyrrole nitrogens is 1. The average Bonchev–Trinajstić information content (AvgIpc) is 3.23. The molecule has 1 atom stereocenters. The van der Waals surface area contributed by atoms with E-state index in [1.165, 1.54) is 6.20 Å². The van der Waals surface area contributed by atoms with Gasteiger partial charge in [-0.1, -0.05) is 6.92 Å². The van der Waals surface area contributed by atoms with Gasteiger partial charge in [-0.15, -0.1) is 11.6 Å². The number of fused-ring (bicyclic) bond motifs is 1. The van der Waals surface area contributed by atoms with Crippen LogP contribution in [0.1, 0.15) is 42.1 Å². The molecule has 1 aliphatic carbocycles. The minimum absolute atomic E-state index is 0.0338. The van der Waals surface area contributed by atoms with E-state index in [-0.39, 0.29) is 5.39 Å². The first kappa shape index (κ1) is 19.2. The maximum atomic E-state index is 15.3. The van der Waals surface area contributed by atoms with Gasteiger partial charge in [0.25, 0.3) is 0 Å². The number of carbonyl (C=O) groups is 1. The fraction of sp³-hybridized carbons (Fsp3) is 0.500. The number of alkyl halides is 1. The molecule has 4 rings (SSSR count). The average molecular weight is 408 g/mol. The van der Waals surface area contributed by atoms with Crippen molar-refractivity contribution in [3.8, 4) is 0 Å². The van der Waals surface area contributed by atoms with Crippen LogP contribution in [0.4, 0.5) is 10.1 Å². The van der Waals surface area contributed by atoms with Crippen molar-refractivity contribution in [2.24, 2.45) is 5.92 Å². The molecule has 0 radical (unpaired) electrons. The summed E-state index contributed by atoms with van der Waals surface area (Å²) in [6.45, 7) is 5.26. The number of carboxylic acids is 1. The van der Waals surface area contributed by atoms with Gasteiger partial charge in [0.05, 0.1) is 16.1 Å². The van der Waals surface area contributed by atoms with Gasteiger partial charge in [0.2, 0.25) is 5.43 Å². The van der Waals surface area contributed by atoms with Crippen LogP contribution in [0.15, 0.2) is 17.1 Å². The highest BCUT2D eigenvalue weighted by atomic mass is 35.5. The van der Waals surface area contributed by atoms with Crippen LogP contribution in [0.2, 0.25) is 0 Å². The number of hydrogen-bond donors (Lipinski definition) is 3. The Morgan fingerprint density at radius 2 is 2.25 bits per heavy atom. The molecule has 1 aliphatic heterocycles. The van der Waals surface area contributed by atoms with E-state index < -0.39 is 27.7 Å². The van der Waals surface area contributed by atoms with Crippen molar-refractivity contribution < 1.29 is 14.3 Å². The smallest absolute Gasteiger partial charge is 0.341 e. The lowest BCUT2D eigenvalue weighted by Gasteiger charge is -2.26. The van der Waals surface area contributed by atoms with Crippen LogP contribution in [-0.2, 0) is 4.87 Å². The number of aromatic amines is 1. The van der Waals surface area contributed by atoms with E-state index in [2.05, 4.69) is 17.2 Å². The Hall–Kier alpha value is -2.12. The summed E-state index contributed by atoms with van der Waals surface area (Å²) in [7, 11) is 0. The lowest BCUT2D eigenvalue weighted by Crippen LogP contribution is -2.28. The molecule has 0 bridgehead atoms. The molecule has 2 aliphatic rings. The number of anilines is 1. The molecule has 1 aromatic heterocycles. The monoisotopic (exact) mass is 407 g/mol. The standard InChI is InChI=1S/C20H23ClFN3O3/c1-2-23-8-11-3-6-25(10-11)17-14(22)7-12-16(15(17)20(21)4-5-20)24-9-13(18(12)26)19(27)28/h7,9,11,23H,2-6,8,10H2,1H3,(H,24,26)(H,27,28). The topological polar surface area (TPSA) is 85.4 Å². The Morgan fingerprint density at radius 3 is 2.89 bits per heavy atom. The van der Waals surface area contributed by atoms with Crippen LogP contribution >= 0.6 is 11.6 Å². The van der Waals surface area contributed by atoms with Gasteiger partial charge >= 0.3 is 5.97 Å². The summed E-state index contributed by atoms with van der Waals surface area (Å²) in [5, 5.41) is 12.6. The highest BCUT2D eigenvalue weighted by Gasteiger charge is 2.47. The van der Waals surface area contributed by atoms with Crippen LogP contribution in [-0.4, -0.2) is 42.2 Å². The molecule has 1 saturated carbocycles. The number of aromatic carboxylic acids is 1. The number of carboxylic acid groups (broad SMARTS) is 1. The van der Waals surface area contributed by atoms with Crippen molar-refractivity contribution in [1.82, 2.24) is 10.3 Å². The van der Waals surface area contributed by atoms with Gasteiger partial charge in [0.15, 0.2) is 0 Å². The van der Waals surface area contributed by atoms with Gasteiger partial charge in [-0.2, -0.15) is 0 Å². The number of nitrogens with zero attached hydrogens (tertiary/aromatic N) is 1. The van der Waals surface area contributed by atoms with E-state index in [1.807, 2.05) is 4.90 Å². The minimum Gasteiger partial charge on any atom is -0.477 e. The SMILES string of the molecule is CCNCC1CCN(c2c(F)cc3c(=O)c(C(=O)O)c[nH]c3c2C2(Cl)CC2)C1. The second-order valence-corrected chi connectivity index (χ2v) is 8.44. The summed E-state index contributed by atoms with van der Waals surface area (Å²) in [5.41, 5.74) is 0.367. The zero-order chi connectivity index (χ0) is 20.1. The third kappa shape index (κ3) is 3.16. The second-order valence-electron chi connectivity index (χ2n) is 7.71. The molecule has 2 aromatic rings. The maximum Gasteiger partial charge on any atom is 0.341 e. The number of aromatic nitrogens is 1. The number of hydrogen-bond acceptors (Lipinski definition) is 4. The number of rotatable bonds is 6. The summed E-state index contributed by atoms with van der Waals surface area (Å²) in [6.07, 6.45) is 3.52. The Labute approximate surface area is 166 Å². The molecule has 1 unspecified atom stereocenters. The predicted molar refractivity (Wildman–Crippen MR) is 107 cm³/mol. The molecule has 6 nitrogen and oxygen atoms in total. The highest BCUT2D eigenvalue weighted by Crippen LogP contribution is 2.57. The first-order valence-electron chi connectivity index (χ1n) is 9.62. The Bertz CT molecular complexity index is 1000. The molecule has 28 heavy (non-hydrogen) atoms. The fourth-order valence-electron chi connectivity index (χ4n) is 4.14. The van der Waals surface area contributed by atoms with Gasteiger partial charge in [-0.3, -0.25) is 4.79 Å². The largest absolute Gasteiger partial charge is 0.477 e. The molecule has 2 heterocycles. The predicted octanol–water partition coefficient (Wildman–Crippen LogP) is 3.03. The summed E-state index contributed by atoms with van der Waals surface area (Å²) in [4.78, 5) is 28.1. The van der Waals surface area contributed by atoms with E-state index in [1.54, 1.807) is 0 Å². The molecule has 1 aromatic carbocycles. The first-order chi connectivity index (χ1) is 13.4. The molecule has 3 N–H and O–H groups in total. The Morgan fingerprint density at radius 1 is 1.50 bits per heavy atom. The molecule has 0 amide bonds. The zero-order valence-corrected chi connectivity index (χ0v) is 16.4. The quantitative estimate of drug-likeness (QED) is 0.641. The van der Waals surface area contributed by atoms with Gasteiger partial charge in [-0.05, 0) is 44.3 Å². The molecule has 8 heteroatoms. The van der Waals surface area contributed by atoms with Gasteiger partial charge in [0.1, 0.15) is 11.4 Å². The highest BCUT2D eigenvalue weighted by molar-refractivity contribution is 6.27. The van der Waals surface area contributed by atoms with E-state index in [0.29, 0.717) is 42.1 Å². The molecular weight excluding hydrogens is 385 g/mol. The third-order valence-corrected chi connectivity index (χ3v) is 6.32. The number of benzene rings is 1. The lowest BCUT2D eigenvalue weighted by molar-refractivity contribution is 0.0695. The summed E-state index contributed by atoms with van der Waals surface area (Å²) in [5.74, 6) is -1.44. The van der Waals surface area contributed by atoms with E-state index in [0.717, 1.165) is 32.1 Å².